The van der Waals surface area contributed by atoms with Crippen molar-refractivity contribution in [2.24, 2.45) is 0 Å². The van der Waals surface area contributed by atoms with Gasteiger partial charge < -0.3 is 10.4 Å². The molecule has 3 nitrogen and oxygen atoms in total. The van der Waals surface area contributed by atoms with Gasteiger partial charge in [0.25, 0.3) is 5.91 Å². The molecule has 1 rings (SSSR count). The van der Waals surface area contributed by atoms with Gasteiger partial charge in [0.05, 0.1) is 5.56 Å². The van der Waals surface area contributed by atoms with Gasteiger partial charge in [0.2, 0.25) is 0 Å². The van der Waals surface area contributed by atoms with Crippen LogP contribution in [0.1, 0.15) is 23.2 Å². The van der Waals surface area contributed by atoms with E-state index in [4.69, 9.17) is 5.11 Å². The summed E-state index contributed by atoms with van der Waals surface area (Å²) in [6.45, 7) is 0.348. The molecule has 106 valence electrons. The average molecular weight is 293 g/mol. The summed E-state index contributed by atoms with van der Waals surface area (Å²) in [4.78, 5) is 11.6. The summed E-state index contributed by atoms with van der Waals surface area (Å²) in [6, 6.07) is 5.59. The molecule has 1 amide bonds. The van der Waals surface area contributed by atoms with Crippen molar-refractivity contribution in [1.29, 1.82) is 0 Å². The Bertz CT molecular complexity index is 424. The summed E-state index contributed by atoms with van der Waals surface area (Å²) in [7, 11) is 0. The number of carbonyl (C=O) groups is 1. The number of halogens is 3. The molecule has 7 heteroatoms. The Kier molecular flexibility index (Phi) is 6.17. The molecule has 0 saturated carbocycles. The first-order chi connectivity index (χ1) is 8.94. The highest BCUT2D eigenvalue weighted by atomic mass is 32.2. The van der Waals surface area contributed by atoms with Gasteiger partial charge in [0.15, 0.2) is 0 Å². The van der Waals surface area contributed by atoms with Crippen LogP contribution in [0.25, 0.3) is 0 Å². The van der Waals surface area contributed by atoms with Gasteiger partial charge in [0, 0.05) is 18.0 Å². The lowest BCUT2D eigenvalue weighted by molar-refractivity contribution is -0.0328. The molecular formula is C12H14F3NO2S. The molecule has 2 N–H and O–H groups in total. The number of hydrogen-bond acceptors (Lipinski definition) is 3. The van der Waals surface area contributed by atoms with Crippen LogP contribution in [0, 0.1) is 0 Å². The van der Waals surface area contributed by atoms with Gasteiger partial charge >= 0.3 is 5.51 Å². The zero-order chi connectivity index (χ0) is 14.3. The topological polar surface area (TPSA) is 49.3 Å². The van der Waals surface area contributed by atoms with Gasteiger partial charge in [-0.05, 0) is 36.7 Å². The minimum atomic E-state index is -4.42. The molecule has 0 radical (unpaired) electrons. The molecule has 0 atom stereocenters. The van der Waals surface area contributed by atoms with Crippen LogP contribution in [0.3, 0.4) is 0 Å². The van der Waals surface area contributed by atoms with E-state index in [0.717, 1.165) is 0 Å². The number of amides is 1. The van der Waals surface area contributed by atoms with Gasteiger partial charge in [-0.1, -0.05) is 12.1 Å². The third-order valence-electron chi connectivity index (χ3n) is 2.23. The maximum absolute atomic E-state index is 12.3. The smallest absolute Gasteiger partial charge is 0.396 e. The average Bonchev–Trinajstić information content (AvgIpc) is 2.33. The number of carbonyl (C=O) groups excluding carboxylic acids is 1. The number of aliphatic hydroxyl groups is 1. The van der Waals surface area contributed by atoms with Gasteiger partial charge in [0.1, 0.15) is 0 Å². The molecule has 1 aromatic rings. The second-order valence-electron chi connectivity index (χ2n) is 3.73. The van der Waals surface area contributed by atoms with E-state index in [0.29, 0.717) is 19.4 Å². The Labute approximate surface area is 113 Å². The van der Waals surface area contributed by atoms with Crippen molar-refractivity contribution in [3.63, 3.8) is 0 Å². The summed E-state index contributed by atoms with van der Waals surface area (Å²) in [5, 5.41) is 11.1. The van der Waals surface area contributed by atoms with E-state index in [2.05, 4.69) is 5.32 Å². The van der Waals surface area contributed by atoms with E-state index in [1.54, 1.807) is 0 Å². The predicted octanol–water partition coefficient (Wildman–Crippen LogP) is 2.80. The predicted molar refractivity (Wildman–Crippen MR) is 67.0 cm³/mol. The number of thioether (sulfide) groups is 1. The highest BCUT2D eigenvalue weighted by Crippen LogP contribution is 2.38. The van der Waals surface area contributed by atoms with Crippen LogP contribution in [0.4, 0.5) is 13.2 Å². The number of rotatable bonds is 6. The molecular weight excluding hydrogens is 279 g/mol. The Balaban J connectivity index is 2.68. The molecule has 0 spiro atoms. The van der Waals surface area contributed by atoms with Crippen molar-refractivity contribution in [2.45, 2.75) is 23.2 Å². The summed E-state index contributed by atoms with van der Waals surface area (Å²) >= 11 is -0.301. The maximum atomic E-state index is 12.3. The van der Waals surface area contributed by atoms with Crippen LogP contribution >= 0.6 is 11.8 Å². The highest BCUT2D eigenvalue weighted by molar-refractivity contribution is 8.00. The normalized spacial score (nSPS) is 11.4. The largest absolute Gasteiger partial charge is 0.446 e. The molecule has 0 saturated heterocycles. The Morgan fingerprint density at radius 1 is 1.26 bits per heavy atom. The van der Waals surface area contributed by atoms with E-state index in [-0.39, 0.29) is 28.8 Å². The standard InChI is InChI=1S/C12H14F3NO2S/c13-12(14,15)19-10-6-2-1-5-9(10)11(18)16-7-3-4-8-17/h1-2,5-6,17H,3-4,7-8H2,(H,16,18). The van der Waals surface area contributed by atoms with Crippen LogP contribution in [-0.4, -0.2) is 29.7 Å². The zero-order valence-corrected chi connectivity index (χ0v) is 10.9. The Morgan fingerprint density at radius 2 is 1.95 bits per heavy atom. The van der Waals surface area contributed by atoms with Crippen molar-refractivity contribution >= 4 is 17.7 Å². The lowest BCUT2D eigenvalue weighted by Gasteiger charge is -2.11. The first kappa shape index (κ1) is 15.8. The third-order valence-corrected chi connectivity index (χ3v) is 3.04. The molecule has 0 aliphatic heterocycles. The lowest BCUT2D eigenvalue weighted by atomic mass is 10.2. The fourth-order valence-corrected chi connectivity index (χ4v) is 2.07. The van der Waals surface area contributed by atoms with Gasteiger partial charge in [-0.2, -0.15) is 13.2 Å². The zero-order valence-electron chi connectivity index (χ0n) is 10.0. The number of unbranched alkanes of at least 4 members (excludes halogenated alkanes) is 1. The summed E-state index contributed by atoms with van der Waals surface area (Å²) in [5.41, 5.74) is -4.42. The first-order valence-electron chi connectivity index (χ1n) is 5.68. The van der Waals surface area contributed by atoms with Crippen molar-refractivity contribution in [2.75, 3.05) is 13.2 Å². The van der Waals surface area contributed by atoms with Gasteiger partial charge in [-0.3, -0.25) is 4.79 Å². The van der Waals surface area contributed by atoms with Gasteiger partial charge in [-0.25, -0.2) is 0 Å². The quantitative estimate of drug-likeness (QED) is 0.626. The second kappa shape index (κ2) is 7.40. The Hall–Kier alpha value is -1.21. The first-order valence-corrected chi connectivity index (χ1v) is 6.49. The van der Waals surface area contributed by atoms with Crippen molar-refractivity contribution in [1.82, 2.24) is 5.32 Å². The summed E-state index contributed by atoms with van der Waals surface area (Å²) < 4.78 is 37.0. The number of alkyl halides is 3. The number of benzene rings is 1. The monoisotopic (exact) mass is 293 g/mol. The van der Waals surface area contributed by atoms with Crippen molar-refractivity contribution < 1.29 is 23.1 Å². The van der Waals surface area contributed by atoms with Crippen LogP contribution in [0.15, 0.2) is 29.2 Å². The van der Waals surface area contributed by atoms with Crippen LogP contribution in [-0.2, 0) is 0 Å². The number of hydrogen-bond donors (Lipinski definition) is 2. The molecule has 0 aliphatic rings. The lowest BCUT2D eigenvalue weighted by Crippen LogP contribution is -2.25. The SMILES string of the molecule is O=C(NCCCCO)c1ccccc1SC(F)(F)F. The van der Waals surface area contributed by atoms with Crippen molar-refractivity contribution in [3.05, 3.63) is 29.8 Å². The fourth-order valence-electron chi connectivity index (χ4n) is 1.40. The Morgan fingerprint density at radius 3 is 2.58 bits per heavy atom. The van der Waals surface area contributed by atoms with E-state index < -0.39 is 11.4 Å². The minimum Gasteiger partial charge on any atom is -0.396 e. The number of nitrogens with one attached hydrogen (secondary N) is 1. The van der Waals surface area contributed by atoms with Crippen LogP contribution in [0.2, 0.25) is 0 Å². The van der Waals surface area contributed by atoms with E-state index in [1.165, 1.54) is 24.3 Å². The number of aliphatic hydroxyl groups excluding tert-OH is 1. The van der Waals surface area contributed by atoms with E-state index >= 15 is 0 Å². The fraction of sp³-hybridized carbons (Fsp3) is 0.417. The second-order valence-corrected chi connectivity index (χ2v) is 4.84. The molecule has 0 bridgehead atoms. The molecule has 19 heavy (non-hydrogen) atoms. The molecule has 0 fully saturated rings. The molecule has 0 aromatic heterocycles. The third kappa shape index (κ3) is 5.98. The van der Waals surface area contributed by atoms with Crippen molar-refractivity contribution in [3.8, 4) is 0 Å². The molecule has 0 unspecified atom stereocenters. The van der Waals surface area contributed by atoms with E-state index in [1.807, 2.05) is 0 Å². The summed E-state index contributed by atoms with van der Waals surface area (Å²) in [6.07, 6.45) is 1.12. The maximum Gasteiger partial charge on any atom is 0.446 e. The molecule has 0 heterocycles. The van der Waals surface area contributed by atoms with Crippen LogP contribution < -0.4 is 5.32 Å². The van der Waals surface area contributed by atoms with E-state index in [9.17, 15) is 18.0 Å². The minimum absolute atomic E-state index is 0.00817. The molecule has 0 aliphatic carbocycles. The highest BCUT2D eigenvalue weighted by Gasteiger charge is 2.31. The summed E-state index contributed by atoms with van der Waals surface area (Å²) in [5.74, 6) is -0.537. The molecule has 1 aromatic carbocycles. The van der Waals surface area contributed by atoms with Gasteiger partial charge in [-0.15, -0.1) is 0 Å². The van der Waals surface area contributed by atoms with Crippen LogP contribution in [0.5, 0.6) is 0 Å².